The lowest BCUT2D eigenvalue weighted by Crippen LogP contribution is -2.43. The van der Waals surface area contributed by atoms with Gasteiger partial charge in [0.05, 0.1) is 17.6 Å². The molecule has 6 heterocycles. The van der Waals surface area contributed by atoms with Gasteiger partial charge in [0.25, 0.3) is 16.0 Å². The molecule has 0 spiro atoms. The number of nitrogens with one attached hydrogen (secondary N) is 2. The van der Waals surface area contributed by atoms with Gasteiger partial charge in [-0.2, -0.15) is 8.42 Å². The van der Waals surface area contributed by atoms with Crippen LogP contribution in [0.1, 0.15) is 59.9 Å². The van der Waals surface area contributed by atoms with Crippen LogP contribution in [0.25, 0.3) is 22.5 Å². The highest BCUT2D eigenvalue weighted by Gasteiger charge is 2.17. The Labute approximate surface area is 463 Å². The van der Waals surface area contributed by atoms with Crippen molar-refractivity contribution in [3.8, 4) is 22.5 Å². The van der Waals surface area contributed by atoms with Gasteiger partial charge in [-0.25, -0.2) is 19.9 Å². The summed E-state index contributed by atoms with van der Waals surface area (Å²) in [5.74, 6) is 1.22. The first-order valence-corrected chi connectivity index (χ1v) is 28.1. The van der Waals surface area contributed by atoms with E-state index in [1.165, 1.54) is 16.7 Å². The lowest BCUT2D eigenvalue weighted by Gasteiger charge is -2.32. The number of aryl methyl sites for hydroxylation is 2. The first-order valence-electron chi connectivity index (χ1n) is 26.3. The molecule has 8 aromatic rings. The molecule has 2 aliphatic rings. The number of Topliss-reactive ketones (excluding diaryl/α,β-unsaturated/α-hetero) is 1. The molecule has 4 aromatic heterocycles. The Kier molecular flexibility index (Phi) is 20.0. The number of carbonyl (C=O) groups excluding carboxylic acids is 2. The van der Waals surface area contributed by atoms with E-state index in [0.717, 1.165) is 122 Å². The van der Waals surface area contributed by atoms with Crippen molar-refractivity contribution in [3.63, 3.8) is 0 Å². The van der Waals surface area contributed by atoms with Crippen LogP contribution in [-0.4, -0.2) is 147 Å². The molecule has 4 aromatic carbocycles. The maximum absolute atomic E-state index is 13.1. The second kappa shape index (κ2) is 27.6. The summed E-state index contributed by atoms with van der Waals surface area (Å²) in [6, 6.07) is 39.5. The van der Waals surface area contributed by atoms with Crippen LogP contribution in [0.15, 0.2) is 159 Å². The third-order valence-electron chi connectivity index (χ3n) is 13.6. The molecule has 79 heavy (non-hydrogen) atoms. The topological polar surface area (TPSA) is 203 Å². The third-order valence-corrected chi connectivity index (χ3v) is 13.6. The van der Waals surface area contributed by atoms with Gasteiger partial charge in [0.1, 0.15) is 5.82 Å². The lowest BCUT2D eigenvalue weighted by atomic mass is 9.97. The van der Waals surface area contributed by atoms with Gasteiger partial charge in [-0.1, -0.05) is 60.7 Å². The summed E-state index contributed by atoms with van der Waals surface area (Å²) in [5.41, 5.74) is 13.2. The number of hydrogen-bond acceptors (Lipinski definition) is 15. The zero-order chi connectivity index (χ0) is 55.7. The Morgan fingerprint density at radius 1 is 0.595 bits per heavy atom. The zero-order valence-corrected chi connectivity index (χ0v) is 46.3. The molecule has 0 unspecified atom stereocenters. The number of ketones is 1. The number of aromatic nitrogens is 6. The van der Waals surface area contributed by atoms with Crippen LogP contribution in [0.2, 0.25) is 0 Å². The Balaban J connectivity index is 0.000000192. The summed E-state index contributed by atoms with van der Waals surface area (Å²) in [5, 5.41) is 6.29. The van der Waals surface area contributed by atoms with Gasteiger partial charge in [0.15, 0.2) is 5.78 Å². The van der Waals surface area contributed by atoms with Gasteiger partial charge in [-0.15, -0.1) is 0 Å². The highest BCUT2D eigenvalue weighted by molar-refractivity contribution is 7.85. The van der Waals surface area contributed by atoms with Crippen LogP contribution in [0.3, 0.4) is 0 Å². The predicted molar refractivity (Wildman–Crippen MR) is 311 cm³/mol. The Hall–Kier alpha value is -7.97. The summed E-state index contributed by atoms with van der Waals surface area (Å²) in [6.45, 7) is 14.7. The molecule has 18 heteroatoms. The van der Waals surface area contributed by atoms with E-state index in [-0.39, 0.29) is 11.7 Å². The number of hydrogen-bond donors (Lipinski definition) is 3. The normalized spacial score (nSPS) is 14.3. The fraction of sp³-hybridized carbons (Fsp3) is 0.279. The first kappa shape index (κ1) is 57.2. The highest BCUT2D eigenvalue weighted by Crippen LogP contribution is 2.26. The van der Waals surface area contributed by atoms with Gasteiger partial charge in [-0.3, -0.25) is 33.9 Å². The molecule has 0 radical (unpaired) electrons. The molecular formula is C61H68N12O5S. The van der Waals surface area contributed by atoms with E-state index in [1.54, 1.807) is 31.0 Å². The summed E-state index contributed by atoms with van der Waals surface area (Å²) < 4.78 is 25.9. The van der Waals surface area contributed by atoms with Crippen LogP contribution in [0.5, 0.6) is 0 Å². The number of nitrogens with zero attached hydrogens (tertiary/aromatic N) is 10. The second-order valence-corrected chi connectivity index (χ2v) is 21.5. The summed E-state index contributed by atoms with van der Waals surface area (Å²) in [6.07, 6.45) is 12.3. The average molecular weight is 1080 g/mol. The van der Waals surface area contributed by atoms with Gasteiger partial charge in [0, 0.05) is 149 Å². The molecule has 0 aliphatic carbocycles. The van der Waals surface area contributed by atoms with Gasteiger partial charge in [0.2, 0.25) is 5.95 Å². The molecule has 10 rings (SSSR count). The van der Waals surface area contributed by atoms with Crippen molar-refractivity contribution in [1.82, 2.24) is 49.5 Å². The van der Waals surface area contributed by atoms with Crippen LogP contribution in [-0.2, 0) is 36.0 Å². The number of carbonyl (C=O) groups is 2. The SMILES string of the molecule is CS(=O)(=O)O.Cc1ccc(CC(=O)c2ccc(CN3CCN(C)CC3)cc2)cc1Cc1nccc(-c2cccnc2)n1.Cc1ccc(NC(=O)c2ccc(CN3CCN(C)CC3)cc2)cc1Nc1nccc(-c2cccnc2)n1. The monoisotopic (exact) mass is 1080 g/mol. The number of likely N-dealkylation sites (N-methyl/N-ethyl adjacent to an activating group) is 2. The number of rotatable bonds is 15. The maximum Gasteiger partial charge on any atom is 0.261 e. The minimum Gasteiger partial charge on any atom is -0.324 e. The van der Waals surface area contributed by atoms with E-state index < -0.39 is 10.1 Å². The summed E-state index contributed by atoms with van der Waals surface area (Å²) in [7, 11) is 0.664. The van der Waals surface area contributed by atoms with Gasteiger partial charge >= 0.3 is 0 Å². The van der Waals surface area contributed by atoms with Crippen molar-refractivity contribution in [2.75, 3.05) is 83.3 Å². The van der Waals surface area contributed by atoms with E-state index in [9.17, 15) is 18.0 Å². The maximum atomic E-state index is 13.1. The molecule has 2 saturated heterocycles. The molecule has 17 nitrogen and oxygen atoms in total. The Bertz CT molecular complexity index is 3170. The van der Waals surface area contributed by atoms with Crippen LogP contribution in [0.4, 0.5) is 17.3 Å². The van der Waals surface area contributed by atoms with Gasteiger partial charge < -0.3 is 20.4 Å². The number of amides is 1. The van der Waals surface area contributed by atoms with Crippen molar-refractivity contribution in [3.05, 3.63) is 209 Å². The van der Waals surface area contributed by atoms with Crippen molar-refractivity contribution in [2.24, 2.45) is 0 Å². The van der Waals surface area contributed by atoms with E-state index >= 15 is 0 Å². The van der Waals surface area contributed by atoms with E-state index in [4.69, 9.17) is 9.54 Å². The van der Waals surface area contributed by atoms with Crippen LogP contribution in [0, 0.1) is 13.8 Å². The van der Waals surface area contributed by atoms with E-state index in [2.05, 4.69) is 100 Å². The minimum absolute atomic E-state index is 0.135. The molecule has 1 amide bonds. The number of piperazine rings is 2. The van der Waals surface area contributed by atoms with E-state index in [0.29, 0.717) is 36.3 Å². The van der Waals surface area contributed by atoms with Crippen molar-refractivity contribution >= 4 is 39.1 Å². The van der Waals surface area contributed by atoms with Crippen molar-refractivity contribution in [2.45, 2.75) is 39.8 Å². The smallest absolute Gasteiger partial charge is 0.261 e. The van der Waals surface area contributed by atoms with E-state index in [1.807, 2.05) is 110 Å². The lowest BCUT2D eigenvalue weighted by molar-refractivity contribution is 0.0990. The molecule has 0 atom stereocenters. The number of anilines is 3. The molecule has 0 bridgehead atoms. The van der Waals surface area contributed by atoms with Crippen LogP contribution >= 0.6 is 0 Å². The number of benzene rings is 4. The first-order chi connectivity index (χ1) is 38.1. The fourth-order valence-corrected chi connectivity index (χ4v) is 8.98. The van der Waals surface area contributed by atoms with Crippen molar-refractivity contribution < 1.29 is 22.6 Å². The summed E-state index contributed by atoms with van der Waals surface area (Å²) in [4.78, 5) is 62.2. The summed E-state index contributed by atoms with van der Waals surface area (Å²) >= 11 is 0. The Morgan fingerprint density at radius 3 is 1.67 bits per heavy atom. The quantitative estimate of drug-likeness (QED) is 0.0649. The molecule has 0 saturated carbocycles. The average Bonchev–Trinajstić information content (AvgIpc) is 3.46. The van der Waals surface area contributed by atoms with Gasteiger partial charge in [-0.05, 0) is 122 Å². The van der Waals surface area contributed by atoms with Crippen LogP contribution < -0.4 is 10.6 Å². The molecule has 3 N–H and O–H groups in total. The predicted octanol–water partition coefficient (Wildman–Crippen LogP) is 8.70. The third kappa shape index (κ3) is 18.0. The highest BCUT2D eigenvalue weighted by atomic mass is 32.2. The second-order valence-electron chi connectivity index (χ2n) is 20.0. The fourth-order valence-electron chi connectivity index (χ4n) is 8.98. The molecule has 2 aliphatic heterocycles. The molecule has 408 valence electrons. The minimum atomic E-state index is -3.67. The zero-order valence-electron chi connectivity index (χ0n) is 45.5. The largest absolute Gasteiger partial charge is 0.324 e. The molecule has 2 fully saturated rings. The Morgan fingerprint density at radius 2 is 1.11 bits per heavy atom. The standard InChI is InChI=1S/C31H33N5O.C29H31N7O.CH4O3S/c1-23-5-6-25(18-28(23)20-31-33-13-11-29(34-31)27-4-3-12-32-21-27)19-30(37)26-9-7-24(8-10-26)22-36-16-14-35(2)15-17-36;1-21-5-10-25(18-27(21)34-29-31-13-11-26(33-29)24-4-3-12-30-19-24)32-28(37)23-8-6-22(7-9-23)20-36-16-14-35(2)15-17-36;1-5(2,3)4/h3-13,18,21H,14-17,19-20,22H2,1-2H3;3-13,18-19H,14-17,20H2,1-2H3,(H,32,37)(H,31,33,34);1H3,(H,2,3,4). The molecular weight excluding hydrogens is 1010 g/mol. The van der Waals surface area contributed by atoms with Crippen molar-refractivity contribution in [1.29, 1.82) is 0 Å². The number of pyridine rings is 2.